The van der Waals surface area contributed by atoms with Crippen LogP contribution in [0.5, 0.6) is 0 Å². The molecule has 0 spiro atoms. The van der Waals surface area contributed by atoms with Gasteiger partial charge in [0.1, 0.15) is 0 Å². The molecule has 1 unspecified atom stereocenters. The van der Waals surface area contributed by atoms with Crippen molar-refractivity contribution in [2.45, 2.75) is 0 Å². The Kier molecular flexibility index (Phi) is 6.90. The minimum Gasteiger partial charge on any atom is -0.326 e. The third kappa shape index (κ3) is 8.51. The molecule has 104 valence electrons. The molecule has 12 heteroatoms. The highest BCUT2D eigenvalue weighted by Gasteiger charge is 2.28. The maximum Gasteiger partial charge on any atom is 0.405 e. The lowest BCUT2D eigenvalue weighted by Crippen LogP contribution is -2.10. The third-order valence-electron chi connectivity index (χ3n) is 1.28. The smallest absolute Gasteiger partial charge is 0.326 e. The summed E-state index contributed by atoms with van der Waals surface area (Å²) >= 11 is 0. The second-order valence-electron chi connectivity index (χ2n) is 2.64. The van der Waals surface area contributed by atoms with E-state index in [1.54, 1.807) is 6.07 Å². The molecular weight excluding hydrogens is 310 g/mol. The van der Waals surface area contributed by atoms with Crippen LogP contribution in [0, 0.1) is 0 Å². The largest absolute Gasteiger partial charge is 0.405 e. The molecule has 0 aliphatic heterocycles. The Morgan fingerprint density at radius 2 is 1.56 bits per heavy atom. The Bertz CT molecular complexity index is 535. The van der Waals surface area contributed by atoms with Gasteiger partial charge in [0, 0.05) is 0 Å². The van der Waals surface area contributed by atoms with E-state index in [0.29, 0.717) is 0 Å². The zero-order valence-electron chi connectivity index (χ0n) is 8.57. The van der Waals surface area contributed by atoms with E-state index >= 15 is 0 Å². The van der Waals surface area contributed by atoms with Crippen LogP contribution in [0.25, 0.3) is 0 Å². The topological polar surface area (TPSA) is 158 Å². The summed E-state index contributed by atoms with van der Waals surface area (Å²) < 4.78 is 52.3. The lowest BCUT2D eigenvalue weighted by molar-refractivity contribution is 0.346. The van der Waals surface area contributed by atoms with Crippen molar-refractivity contribution in [1.82, 2.24) is 0 Å². The Labute approximate surface area is 103 Å². The summed E-state index contributed by atoms with van der Waals surface area (Å²) in [5.74, 6) is 0. The van der Waals surface area contributed by atoms with Crippen LogP contribution >= 0.6 is 15.9 Å². The van der Waals surface area contributed by atoms with Crippen molar-refractivity contribution in [2.24, 2.45) is 0 Å². The third-order valence-corrected chi connectivity index (χ3v) is 3.79. The molecule has 0 bridgehead atoms. The van der Waals surface area contributed by atoms with Crippen molar-refractivity contribution in [3.8, 4) is 0 Å². The van der Waals surface area contributed by atoms with Gasteiger partial charge in [-0.3, -0.25) is 13.7 Å². The summed E-state index contributed by atoms with van der Waals surface area (Å²) in [6.07, 6.45) is 0. The molecule has 0 saturated carbocycles. The Morgan fingerprint density at radius 1 is 1.17 bits per heavy atom. The SMILES string of the molecule is O=P(O)(OS(=O)(=O)O)c1ccccc1.O=[PH](O)O. The van der Waals surface area contributed by atoms with Gasteiger partial charge >= 0.3 is 26.2 Å². The molecule has 0 aliphatic rings. The van der Waals surface area contributed by atoms with Crippen molar-refractivity contribution in [3.63, 3.8) is 0 Å². The standard InChI is InChI=1S/C6H7O6PS.H3O3P/c7-13(8,12-14(9,10)11)6-4-2-1-3-5-6;1-4(2)3/h1-5H,(H,7,8)(H,9,10,11);4H,(H2,1,2,3). The van der Waals surface area contributed by atoms with Crippen LogP contribution in [0.3, 0.4) is 0 Å². The molecule has 0 fully saturated rings. The number of hydrogen-bond donors (Lipinski definition) is 4. The summed E-state index contributed by atoms with van der Waals surface area (Å²) in [6, 6.07) is 6.88. The lowest BCUT2D eigenvalue weighted by atomic mass is 10.4. The van der Waals surface area contributed by atoms with E-state index in [9.17, 15) is 13.0 Å². The van der Waals surface area contributed by atoms with E-state index in [4.69, 9.17) is 23.8 Å². The fourth-order valence-corrected chi connectivity index (χ4v) is 2.70. The molecule has 1 rings (SSSR count). The average molecular weight is 320 g/mol. The molecule has 0 aliphatic carbocycles. The zero-order valence-corrected chi connectivity index (χ0v) is 11.3. The van der Waals surface area contributed by atoms with Crippen molar-refractivity contribution in [1.29, 1.82) is 0 Å². The summed E-state index contributed by atoms with van der Waals surface area (Å²) in [4.78, 5) is 23.4. The van der Waals surface area contributed by atoms with Crippen molar-refractivity contribution >= 4 is 31.6 Å². The fraction of sp³-hybridized carbons (Fsp3) is 0. The fourth-order valence-electron chi connectivity index (χ4n) is 0.787. The van der Waals surface area contributed by atoms with Gasteiger partial charge < -0.3 is 14.7 Å². The zero-order chi connectivity index (χ0) is 14.4. The minimum atomic E-state index is -4.94. The summed E-state index contributed by atoms with van der Waals surface area (Å²) in [7, 11) is -12.6. The molecule has 1 atom stereocenters. The Balaban J connectivity index is 0.000000631. The second kappa shape index (κ2) is 7.13. The highest BCUT2D eigenvalue weighted by molar-refractivity contribution is 7.87. The van der Waals surface area contributed by atoms with Gasteiger partial charge in [-0.2, -0.15) is 12.4 Å². The lowest BCUT2D eigenvalue weighted by Gasteiger charge is -2.08. The van der Waals surface area contributed by atoms with Crippen LogP contribution in [0.1, 0.15) is 0 Å². The summed E-state index contributed by atoms with van der Waals surface area (Å²) in [5, 5.41) is -0.211. The normalized spacial score (nSPS) is 14.5. The van der Waals surface area contributed by atoms with Gasteiger partial charge in [-0.25, -0.2) is 0 Å². The monoisotopic (exact) mass is 320 g/mol. The molecule has 0 aromatic heterocycles. The van der Waals surface area contributed by atoms with Crippen molar-refractivity contribution in [2.75, 3.05) is 0 Å². The first kappa shape index (κ1) is 17.4. The molecule has 18 heavy (non-hydrogen) atoms. The van der Waals surface area contributed by atoms with E-state index in [1.807, 2.05) is 0 Å². The van der Waals surface area contributed by atoms with Gasteiger partial charge in [-0.1, -0.05) is 18.2 Å². The molecule has 0 amide bonds. The van der Waals surface area contributed by atoms with E-state index < -0.39 is 26.2 Å². The van der Waals surface area contributed by atoms with Crippen LogP contribution in [-0.4, -0.2) is 27.7 Å². The highest BCUT2D eigenvalue weighted by Crippen LogP contribution is 2.41. The molecule has 0 saturated heterocycles. The van der Waals surface area contributed by atoms with Gasteiger partial charge in [-0.15, -0.1) is 0 Å². The van der Waals surface area contributed by atoms with Gasteiger partial charge in [0.15, 0.2) is 0 Å². The molecule has 0 radical (unpaired) electrons. The van der Waals surface area contributed by atoms with Gasteiger partial charge in [0.25, 0.3) is 0 Å². The predicted molar refractivity (Wildman–Crippen MR) is 62.0 cm³/mol. The average Bonchev–Trinajstić information content (AvgIpc) is 2.14. The van der Waals surface area contributed by atoms with Gasteiger partial charge in [-0.05, 0) is 12.1 Å². The maximum atomic E-state index is 11.2. The van der Waals surface area contributed by atoms with E-state index in [1.165, 1.54) is 24.3 Å². The van der Waals surface area contributed by atoms with Crippen LogP contribution in [0.2, 0.25) is 0 Å². The number of benzene rings is 1. The van der Waals surface area contributed by atoms with Crippen molar-refractivity contribution < 1.29 is 40.8 Å². The summed E-state index contributed by atoms with van der Waals surface area (Å²) in [5.41, 5.74) is 0. The van der Waals surface area contributed by atoms with Crippen LogP contribution in [0.15, 0.2) is 30.3 Å². The molecule has 4 N–H and O–H groups in total. The molecule has 1 aromatic rings. The molecule has 1 aromatic carbocycles. The Morgan fingerprint density at radius 3 is 1.89 bits per heavy atom. The number of hydrogen-bond acceptors (Lipinski definition) is 5. The van der Waals surface area contributed by atoms with E-state index in [2.05, 4.69) is 3.97 Å². The first-order valence-corrected chi connectivity index (χ1v) is 8.28. The first-order valence-electron chi connectivity index (χ1n) is 4.03. The van der Waals surface area contributed by atoms with Gasteiger partial charge in [0.05, 0.1) is 5.30 Å². The van der Waals surface area contributed by atoms with E-state index in [-0.39, 0.29) is 5.30 Å². The quantitative estimate of drug-likeness (QED) is 0.432. The minimum absolute atomic E-state index is 0.211. The van der Waals surface area contributed by atoms with Crippen molar-refractivity contribution in [3.05, 3.63) is 30.3 Å². The highest BCUT2D eigenvalue weighted by atomic mass is 32.3. The molecular formula is C6H10O9P2S. The van der Waals surface area contributed by atoms with Crippen LogP contribution in [0.4, 0.5) is 0 Å². The predicted octanol–water partition coefficient (Wildman–Crippen LogP) is -0.323. The number of rotatable bonds is 3. The second-order valence-corrected chi connectivity index (χ2v) is 6.21. The van der Waals surface area contributed by atoms with Crippen LogP contribution in [-0.2, 0) is 23.5 Å². The summed E-state index contributed by atoms with van der Waals surface area (Å²) in [6.45, 7) is 0. The first-order chi connectivity index (χ1) is 8.04. The maximum absolute atomic E-state index is 11.2. The molecule has 9 nitrogen and oxygen atoms in total. The molecule has 0 heterocycles. The van der Waals surface area contributed by atoms with Gasteiger partial charge in [0.2, 0.25) is 0 Å². The van der Waals surface area contributed by atoms with E-state index in [0.717, 1.165) is 0 Å². The van der Waals surface area contributed by atoms with Crippen LogP contribution < -0.4 is 5.30 Å². The Hall–Kier alpha value is -0.570.